The number of hydrogen-bond donors (Lipinski definition) is 0. The first-order chi connectivity index (χ1) is 11.2. The van der Waals surface area contributed by atoms with Gasteiger partial charge < -0.3 is 9.30 Å². The summed E-state index contributed by atoms with van der Waals surface area (Å²) in [4.78, 5) is 10.1. The molecule has 0 aliphatic heterocycles. The SMILES string of the molecule is O=[N+]([O-])/C=C/c1cn(CCOc2ccccc2)c2ccccc12. The molecule has 5 nitrogen and oxygen atoms in total. The number of ether oxygens (including phenoxy) is 1. The van der Waals surface area contributed by atoms with Crippen LogP contribution in [0.2, 0.25) is 0 Å². The van der Waals surface area contributed by atoms with Crippen LogP contribution in [0.5, 0.6) is 5.75 Å². The van der Waals surface area contributed by atoms with Crippen LogP contribution in [0.15, 0.2) is 67.0 Å². The summed E-state index contributed by atoms with van der Waals surface area (Å²) in [6.45, 7) is 1.20. The molecule has 1 heterocycles. The molecule has 3 rings (SSSR count). The minimum Gasteiger partial charge on any atom is -0.492 e. The van der Waals surface area contributed by atoms with Gasteiger partial charge in [0.2, 0.25) is 6.20 Å². The summed E-state index contributed by atoms with van der Waals surface area (Å²) in [6.07, 6.45) is 4.41. The first-order valence-corrected chi connectivity index (χ1v) is 7.31. The van der Waals surface area contributed by atoms with Gasteiger partial charge in [-0.3, -0.25) is 10.1 Å². The second-order valence-electron chi connectivity index (χ2n) is 5.06. The Labute approximate surface area is 133 Å². The number of benzene rings is 2. The van der Waals surface area contributed by atoms with E-state index in [1.54, 1.807) is 0 Å². The molecular weight excluding hydrogens is 292 g/mol. The summed E-state index contributed by atoms with van der Waals surface area (Å²) in [5.41, 5.74) is 1.86. The maximum atomic E-state index is 10.5. The van der Waals surface area contributed by atoms with Gasteiger partial charge in [0.1, 0.15) is 12.4 Å². The van der Waals surface area contributed by atoms with Crippen molar-refractivity contribution in [2.45, 2.75) is 6.54 Å². The van der Waals surface area contributed by atoms with Crippen molar-refractivity contribution in [3.05, 3.63) is 82.7 Å². The number of nitrogens with zero attached hydrogens (tertiary/aromatic N) is 2. The molecule has 2 aromatic carbocycles. The molecule has 0 bridgehead atoms. The standard InChI is InChI=1S/C18H16N2O3/c21-20(22)11-10-15-14-19(18-9-5-4-8-17(15)18)12-13-23-16-6-2-1-3-7-16/h1-11,14H,12-13H2/b11-10+. The van der Waals surface area contributed by atoms with Crippen LogP contribution in [0.4, 0.5) is 0 Å². The molecule has 0 saturated carbocycles. The first-order valence-electron chi connectivity index (χ1n) is 7.31. The molecule has 116 valence electrons. The third kappa shape index (κ3) is 3.58. The van der Waals surface area contributed by atoms with Crippen LogP contribution in [0, 0.1) is 10.1 Å². The van der Waals surface area contributed by atoms with E-state index in [0.29, 0.717) is 13.2 Å². The van der Waals surface area contributed by atoms with E-state index in [9.17, 15) is 10.1 Å². The van der Waals surface area contributed by atoms with Crippen molar-refractivity contribution in [2.75, 3.05) is 6.61 Å². The molecule has 0 saturated heterocycles. The number of rotatable bonds is 6. The first kappa shape index (κ1) is 14.8. The molecule has 0 atom stereocenters. The number of aromatic nitrogens is 1. The zero-order chi connectivity index (χ0) is 16.1. The molecule has 23 heavy (non-hydrogen) atoms. The van der Waals surface area contributed by atoms with Crippen molar-refractivity contribution in [3.8, 4) is 5.75 Å². The highest BCUT2D eigenvalue weighted by atomic mass is 16.6. The van der Waals surface area contributed by atoms with Crippen molar-refractivity contribution in [3.63, 3.8) is 0 Å². The normalized spacial score (nSPS) is 11.1. The van der Waals surface area contributed by atoms with Crippen molar-refractivity contribution < 1.29 is 9.66 Å². The summed E-state index contributed by atoms with van der Waals surface area (Å²) in [7, 11) is 0. The summed E-state index contributed by atoms with van der Waals surface area (Å²) in [6, 6.07) is 17.5. The predicted octanol–water partition coefficient (Wildman–Crippen LogP) is 3.97. The predicted molar refractivity (Wildman–Crippen MR) is 89.9 cm³/mol. The van der Waals surface area contributed by atoms with E-state index >= 15 is 0 Å². The van der Waals surface area contributed by atoms with Crippen LogP contribution in [0.1, 0.15) is 5.56 Å². The van der Waals surface area contributed by atoms with E-state index in [-0.39, 0.29) is 0 Å². The average molecular weight is 308 g/mol. The fraction of sp³-hybridized carbons (Fsp3) is 0.111. The molecule has 0 radical (unpaired) electrons. The van der Waals surface area contributed by atoms with Crippen LogP contribution in [0.25, 0.3) is 17.0 Å². The van der Waals surface area contributed by atoms with Crippen molar-refractivity contribution in [1.29, 1.82) is 0 Å². The molecule has 0 aliphatic rings. The number of hydrogen-bond acceptors (Lipinski definition) is 3. The second kappa shape index (κ2) is 6.79. The van der Waals surface area contributed by atoms with Crippen molar-refractivity contribution >= 4 is 17.0 Å². The van der Waals surface area contributed by atoms with Crippen LogP contribution in [-0.4, -0.2) is 16.1 Å². The van der Waals surface area contributed by atoms with Gasteiger partial charge in [0.05, 0.1) is 11.5 Å². The second-order valence-corrected chi connectivity index (χ2v) is 5.06. The van der Waals surface area contributed by atoms with E-state index in [4.69, 9.17) is 4.74 Å². The number of fused-ring (bicyclic) bond motifs is 1. The minimum atomic E-state index is -0.454. The zero-order valence-corrected chi connectivity index (χ0v) is 12.5. The fourth-order valence-corrected chi connectivity index (χ4v) is 2.51. The molecular formula is C18H16N2O3. The lowest BCUT2D eigenvalue weighted by atomic mass is 10.2. The zero-order valence-electron chi connectivity index (χ0n) is 12.5. The van der Waals surface area contributed by atoms with Gasteiger partial charge in [-0.25, -0.2) is 0 Å². The molecule has 0 spiro atoms. The smallest absolute Gasteiger partial charge is 0.235 e. The lowest BCUT2D eigenvalue weighted by molar-refractivity contribution is -0.400. The van der Waals surface area contributed by atoms with Gasteiger partial charge in [-0.1, -0.05) is 36.4 Å². The maximum Gasteiger partial charge on any atom is 0.235 e. The Morgan fingerprint density at radius 3 is 2.61 bits per heavy atom. The van der Waals surface area contributed by atoms with Crippen LogP contribution in [-0.2, 0) is 6.54 Å². The highest BCUT2D eigenvalue weighted by molar-refractivity contribution is 5.89. The van der Waals surface area contributed by atoms with E-state index in [1.165, 1.54) is 6.08 Å². The van der Waals surface area contributed by atoms with Gasteiger partial charge in [-0.05, 0) is 18.2 Å². The molecule has 0 N–H and O–H groups in total. The largest absolute Gasteiger partial charge is 0.492 e. The van der Waals surface area contributed by atoms with Crippen molar-refractivity contribution in [1.82, 2.24) is 4.57 Å². The van der Waals surface area contributed by atoms with Crippen LogP contribution >= 0.6 is 0 Å². The Kier molecular flexibility index (Phi) is 4.38. The van der Waals surface area contributed by atoms with E-state index in [0.717, 1.165) is 28.4 Å². The van der Waals surface area contributed by atoms with Gasteiger partial charge in [0.25, 0.3) is 0 Å². The Balaban J connectivity index is 1.79. The fourth-order valence-electron chi connectivity index (χ4n) is 2.51. The van der Waals surface area contributed by atoms with E-state index in [2.05, 4.69) is 4.57 Å². The average Bonchev–Trinajstić information content (AvgIpc) is 2.92. The van der Waals surface area contributed by atoms with Crippen molar-refractivity contribution in [2.24, 2.45) is 0 Å². The topological polar surface area (TPSA) is 57.3 Å². The number of nitro groups is 1. The summed E-state index contributed by atoms with van der Waals surface area (Å²) in [5.74, 6) is 0.831. The Bertz CT molecular complexity index is 838. The summed E-state index contributed by atoms with van der Waals surface area (Å²) < 4.78 is 7.77. The molecule has 0 fully saturated rings. The molecule has 5 heteroatoms. The van der Waals surface area contributed by atoms with Gasteiger partial charge in [-0.2, -0.15) is 0 Å². The third-order valence-corrected chi connectivity index (χ3v) is 3.54. The molecule has 0 amide bonds. The summed E-state index contributed by atoms with van der Waals surface area (Å²) >= 11 is 0. The van der Waals surface area contributed by atoms with Gasteiger partial charge in [0.15, 0.2) is 0 Å². The molecule has 1 aromatic heterocycles. The Hall–Kier alpha value is -3.08. The monoisotopic (exact) mass is 308 g/mol. The minimum absolute atomic E-state index is 0.454. The van der Waals surface area contributed by atoms with Crippen LogP contribution < -0.4 is 4.74 Å². The Morgan fingerprint density at radius 2 is 1.83 bits per heavy atom. The molecule has 3 aromatic rings. The Morgan fingerprint density at radius 1 is 1.09 bits per heavy atom. The van der Waals surface area contributed by atoms with Gasteiger partial charge in [-0.15, -0.1) is 0 Å². The quantitative estimate of drug-likeness (QED) is 0.511. The summed E-state index contributed by atoms with van der Waals surface area (Å²) in [5, 5.41) is 11.5. The molecule has 0 aliphatic carbocycles. The molecule has 0 unspecified atom stereocenters. The highest BCUT2D eigenvalue weighted by Gasteiger charge is 2.07. The van der Waals surface area contributed by atoms with Gasteiger partial charge in [0, 0.05) is 28.7 Å². The number of para-hydroxylation sites is 2. The maximum absolute atomic E-state index is 10.5. The third-order valence-electron chi connectivity index (χ3n) is 3.54. The lowest BCUT2D eigenvalue weighted by Gasteiger charge is -2.08. The van der Waals surface area contributed by atoms with E-state index < -0.39 is 4.92 Å². The van der Waals surface area contributed by atoms with Crippen LogP contribution in [0.3, 0.4) is 0 Å². The van der Waals surface area contributed by atoms with Gasteiger partial charge >= 0.3 is 0 Å². The van der Waals surface area contributed by atoms with E-state index in [1.807, 2.05) is 60.8 Å². The lowest BCUT2D eigenvalue weighted by Crippen LogP contribution is -2.07. The highest BCUT2D eigenvalue weighted by Crippen LogP contribution is 2.22.